The van der Waals surface area contributed by atoms with E-state index in [0.717, 1.165) is 38.2 Å². The summed E-state index contributed by atoms with van der Waals surface area (Å²) in [5, 5.41) is 11.5. The Morgan fingerprint density at radius 3 is 2.46 bits per heavy atom. The van der Waals surface area contributed by atoms with Crippen LogP contribution in [0.2, 0.25) is 0 Å². The van der Waals surface area contributed by atoms with Crippen molar-refractivity contribution in [1.29, 1.82) is 0 Å². The first-order chi connectivity index (χ1) is 17.1. The number of fused-ring (bicyclic) bond motifs is 1. The quantitative estimate of drug-likeness (QED) is 0.184. The van der Waals surface area contributed by atoms with Crippen molar-refractivity contribution in [2.24, 2.45) is 0 Å². The highest BCUT2D eigenvalue weighted by atomic mass is 32.2. The van der Waals surface area contributed by atoms with Crippen LogP contribution in [-0.4, -0.2) is 30.5 Å². The van der Waals surface area contributed by atoms with Crippen LogP contribution in [0.3, 0.4) is 0 Å². The van der Waals surface area contributed by atoms with Crippen LogP contribution in [0, 0.1) is 13.8 Å². The fraction of sp³-hybridized carbons (Fsp3) is 0.154. The zero-order valence-electron chi connectivity index (χ0n) is 19.4. The first kappa shape index (κ1) is 23.6. The average Bonchev–Trinajstić information content (AvgIpc) is 3.41. The van der Waals surface area contributed by atoms with Crippen LogP contribution in [0.4, 0.5) is 5.82 Å². The third kappa shape index (κ3) is 5.27. The molecule has 2 N–H and O–H groups in total. The van der Waals surface area contributed by atoms with Gasteiger partial charge in [0.15, 0.2) is 10.3 Å². The van der Waals surface area contributed by atoms with E-state index in [9.17, 15) is 0 Å². The Morgan fingerprint density at radius 1 is 0.943 bits per heavy atom. The smallest absolute Gasteiger partial charge is 0.196 e. The van der Waals surface area contributed by atoms with E-state index in [1.807, 2.05) is 36.4 Å². The molecule has 0 radical (unpaired) electrons. The molecule has 0 aliphatic carbocycles. The number of benzene rings is 2. The summed E-state index contributed by atoms with van der Waals surface area (Å²) in [7, 11) is 0. The molecule has 9 heteroatoms. The minimum Gasteiger partial charge on any atom is -0.383 e. The van der Waals surface area contributed by atoms with E-state index in [4.69, 9.17) is 10.7 Å². The predicted octanol–water partition coefficient (Wildman–Crippen LogP) is 6.57. The van der Waals surface area contributed by atoms with Gasteiger partial charge in [-0.3, -0.25) is 4.57 Å². The molecule has 5 rings (SSSR count). The minimum absolute atomic E-state index is 0.533. The topological polar surface area (TPSA) is 82.5 Å². The average molecular weight is 517 g/mol. The highest BCUT2D eigenvalue weighted by Gasteiger charge is 2.17. The number of thioether (sulfide) groups is 2. The molecule has 0 saturated heterocycles. The number of hydrogen-bond acceptors (Lipinski definition) is 8. The lowest BCUT2D eigenvalue weighted by molar-refractivity contribution is 0.865. The fourth-order valence-corrected chi connectivity index (χ4v) is 6.29. The molecule has 3 aromatic heterocycles. The molecule has 176 valence electrons. The van der Waals surface area contributed by atoms with E-state index in [1.54, 1.807) is 23.1 Å². The highest BCUT2D eigenvalue weighted by Crippen LogP contribution is 2.34. The first-order valence-corrected chi connectivity index (χ1v) is 13.9. The summed E-state index contributed by atoms with van der Waals surface area (Å²) in [5.41, 5.74) is 9.65. The van der Waals surface area contributed by atoms with Gasteiger partial charge in [0.05, 0.1) is 11.1 Å². The van der Waals surface area contributed by atoms with Crippen LogP contribution in [0.15, 0.2) is 77.1 Å². The normalized spacial score (nSPS) is 11.6. The van der Waals surface area contributed by atoms with Crippen LogP contribution in [0.25, 0.3) is 22.0 Å². The number of para-hydroxylation sites is 1. The van der Waals surface area contributed by atoms with Crippen molar-refractivity contribution in [3.63, 3.8) is 0 Å². The maximum absolute atomic E-state index is 6.27. The number of rotatable bonds is 8. The van der Waals surface area contributed by atoms with Crippen molar-refractivity contribution in [3.8, 4) is 5.69 Å². The van der Waals surface area contributed by atoms with Gasteiger partial charge in [-0.15, -0.1) is 21.5 Å². The molecule has 5 aromatic rings. The van der Waals surface area contributed by atoms with E-state index < -0.39 is 0 Å². The third-order valence-electron chi connectivity index (χ3n) is 5.50. The number of anilines is 1. The van der Waals surface area contributed by atoms with Crippen LogP contribution < -0.4 is 5.73 Å². The molecular formula is C26H24N6S3. The van der Waals surface area contributed by atoms with E-state index in [0.29, 0.717) is 16.7 Å². The van der Waals surface area contributed by atoms with Gasteiger partial charge in [0.25, 0.3) is 0 Å². The Bertz CT molecular complexity index is 1480. The number of nitrogens with zero attached hydrogens (tertiary/aromatic N) is 5. The van der Waals surface area contributed by atoms with E-state index >= 15 is 0 Å². The number of nitrogen functional groups attached to an aromatic ring is 1. The summed E-state index contributed by atoms with van der Waals surface area (Å²) in [6.45, 7) is 4.15. The number of aromatic nitrogens is 5. The molecule has 3 heterocycles. The molecule has 0 spiro atoms. The van der Waals surface area contributed by atoms with Crippen LogP contribution in [0.5, 0.6) is 0 Å². The van der Waals surface area contributed by atoms with Crippen molar-refractivity contribution in [2.75, 3.05) is 11.5 Å². The Labute approximate surface area is 216 Å². The van der Waals surface area contributed by atoms with Gasteiger partial charge < -0.3 is 5.73 Å². The Kier molecular flexibility index (Phi) is 7.17. The molecular weight excluding hydrogens is 493 g/mol. The largest absolute Gasteiger partial charge is 0.383 e. The lowest BCUT2D eigenvalue weighted by atomic mass is 10.2. The SMILES string of the molecule is Cc1sc2nc(SCc3nnc(SCC=Cc4ccccc4)n3-c3ccccc3)nc(N)c2c1C. The zero-order valence-corrected chi connectivity index (χ0v) is 21.8. The molecule has 6 nitrogen and oxygen atoms in total. The molecule has 0 unspecified atom stereocenters. The lowest BCUT2D eigenvalue weighted by Gasteiger charge is -2.09. The Balaban J connectivity index is 1.36. The van der Waals surface area contributed by atoms with Crippen LogP contribution in [-0.2, 0) is 5.75 Å². The van der Waals surface area contributed by atoms with Gasteiger partial charge in [-0.1, -0.05) is 84.2 Å². The summed E-state index contributed by atoms with van der Waals surface area (Å²) in [5.74, 6) is 2.75. The number of thiophene rings is 1. The van der Waals surface area contributed by atoms with Gasteiger partial charge >= 0.3 is 0 Å². The molecule has 0 fully saturated rings. The number of hydrogen-bond donors (Lipinski definition) is 1. The van der Waals surface area contributed by atoms with E-state index in [2.05, 4.69) is 70.0 Å². The summed E-state index contributed by atoms with van der Waals surface area (Å²) >= 11 is 4.83. The molecule has 0 saturated carbocycles. The summed E-state index contributed by atoms with van der Waals surface area (Å²) < 4.78 is 2.11. The van der Waals surface area contributed by atoms with E-state index in [1.165, 1.54) is 22.2 Å². The minimum atomic E-state index is 0.533. The fourth-order valence-electron chi connectivity index (χ4n) is 3.65. The molecule has 2 aromatic carbocycles. The molecule has 0 bridgehead atoms. The second-order valence-electron chi connectivity index (χ2n) is 7.84. The molecule has 0 amide bonds. The molecule has 0 aliphatic rings. The van der Waals surface area contributed by atoms with E-state index in [-0.39, 0.29) is 0 Å². The number of aryl methyl sites for hydroxylation is 2. The first-order valence-electron chi connectivity index (χ1n) is 11.1. The lowest BCUT2D eigenvalue weighted by Crippen LogP contribution is -2.02. The molecule has 0 atom stereocenters. The van der Waals surface area contributed by atoms with Crippen LogP contribution >= 0.6 is 34.9 Å². The number of nitrogens with two attached hydrogens (primary N) is 1. The molecule has 0 aliphatic heterocycles. The zero-order chi connectivity index (χ0) is 24.2. The molecule has 35 heavy (non-hydrogen) atoms. The Morgan fingerprint density at radius 2 is 1.69 bits per heavy atom. The second kappa shape index (κ2) is 10.6. The summed E-state index contributed by atoms with van der Waals surface area (Å²) in [4.78, 5) is 11.5. The van der Waals surface area contributed by atoms with Gasteiger partial charge in [0.2, 0.25) is 0 Å². The Hall–Kier alpha value is -3.14. The van der Waals surface area contributed by atoms with Gasteiger partial charge in [-0.25, -0.2) is 9.97 Å². The maximum atomic E-state index is 6.27. The summed E-state index contributed by atoms with van der Waals surface area (Å²) in [6, 6.07) is 20.5. The highest BCUT2D eigenvalue weighted by molar-refractivity contribution is 7.99. The maximum Gasteiger partial charge on any atom is 0.196 e. The van der Waals surface area contributed by atoms with Crippen molar-refractivity contribution < 1.29 is 0 Å². The van der Waals surface area contributed by atoms with Crippen molar-refractivity contribution in [3.05, 3.63) is 88.6 Å². The van der Waals surface area contributed by atoms with Gasteiger partial charge in [-0.05, 0) is 37.1 Å². The van der Waals surface area contributed by atoms with Crippen LogP contribution in [0.1, 0.15) is 21.8 Å². The van der Waals surface area contributed by atoms with Gasteiger partial charge in [0.1, 0.15) is 16.5 Å². The summed E-state index contributed by atoms with van der Waals surface area (Å²) in [6.07, 6.45) is 4.27. The monoisotopic (exact) mass is 516 g/mol. The van der Waals surface area contributed by atoms with Gasteiger partial charge in [0, 0.05) is 16.3 Å². The van der Waals surface area contributed by atoms with Crippen molar-refractivity contribution in [1.82, 2.24) is 24.7 Å². The van der Waals surface area contributed by atoms with Gasteiger partial charge in [-0.2, -0.15) is 0 Å². The standard InChI is InChI=1S/C26H24N6S3/c1-17-18(2)35-24-22(17)23(27)28-25(29-24)34-16-21-30-31-26(32(21)20-13-7-4-8-14-20)33-15-9-12-19-10-5-3-6-11-19/h3-14H,15-16H2,1-2H3,(H2,27,28,29). The van der Waals surface area contributed by atoms with Crippen molar-refractivity contribution in [2.45, 2.75) is 29.9 Å². The predicted molar refractivity (Wildman–Crippen MR) is 148 cm³/mol. The third-order valence-corrected chi connectivity index (χ3v) is 8.33. The van der Waals surface area contributed by atoms with Crippen molar-refractivity contribution >= 4 is 57.0 Å². The second-order valence-corrected chi connectivity index (χ2v) is 11.0.